The molecule has 0 saturated carbocycles. The van der Waals surface area contributed by atoms with E-state index in [-0.39, 0.29) is 11.4 Å². The van der Waals surface area contributed by atoms with Gasteiger partial charge in [0.15, 0.2) is 0 Å². The summed E-state index contributed by atoms with van der Waals surface area (Å²) in [5, 5.41) is 6.11. The lowest BCUT2D eigenvalue weighted by molar-refractivity contribution is -0.136. The molecule has 0 saturated heterocycles. The Morgan fingerprint density at radius 1 is 1.00 bits per heavy atom. The fourth-order valence-corrected chi connectivity index (χ4v) is 2.51. The Morgan fingerprint density at radius 3 is 2.32 bits per heavy atom. The minimum absolute atomic E-state index is 0.102. The van der Waals surface area contributed by atoms with Crippen molar-refractivity contribution in [1.82, 2.24) is 4.98 Å². The second kappa shape index (κ2) is 6.43. The summed E-state index contributed by atoms with van der Waals surface area (Å²) in [5.41, 5.74) is 0.962. The van der Waals surface area contributed by atoms with Crippen molar-refractivity contribution in [3.63, 3.8) is 0 Å². The minimum Gasteiger partial charge on any atom is -0.355 e. The number of fused-ring (bicyclic) bond motifs is 1. The van der Waals surface area contributed by atoms with Crippen LogP contribution in [0.5, 0.6) is 0 Å². The van der Waals surface area contributed by atoms with Crippen LogP contribution in [0.3, 0.4) is 0 Å². The SMILES string of the molecule is CC(=O)Nc1ccc(Nc2ccnc3c(C(F)(F)F)cccc23)cc1. The molecule has 0 radical (unpaired) electrons. The van der Waals surface area contributed by atoms with E-state index in [0.29, 0.717) is 22.4 Å². The van der Waals surface area contributed by atoms with Gasteiger partial charge in [-0.25, -0.2) is 0 Å². The zero-order valence-electron chi connectivity index (χ0n) is 13.2. The average Bonchev–Trinajstić information content (AvgIpc) is 2.55. The Bertz CT molecular complexity index is 921. The quantitative estimate of drug-likeness (QED) is 0.706. The van der Waals surface area contributed by atoms with Gasteiger partial charge in [-0.3, -0.25) is 9.78 Å². The number of nitrogens with zero attached hydrogens (tertiary/aromatic N) is 1. The molecule has 3 rings (SSSR count). The molecule has 0 unspecified atom stereocenters. The van der Waals surface area contributed by atoms with Crippen LogP contribution in [0.25, 0.3) is 10.9 Å². The lowest BCUT2D eigenvalue weighted by atomic mass is 10.1. The highest BCUT2D eigenvalue weighted by Gasteiger charge is 2.33. The number of halogens is 3. The third kappa shape index (κ3) is 3.71. The van der Waals surface area contributed by atoms with Crippen molar-refractivity contribution in [2.75, 3.05) is 10.6 Å². The summed E-state index contributed by atoms with van der Waals surface area (Å²) in [5.74, 6) is -0.180. The highest BCUT2D eigenvalue weighted by molar-refractivity contribution is 5.95. The number of para-hydroxylation sites is 1. The topological polar surface area (TPSA) is 54.0 Å². The molecule has 0 spiro atoms. The van der Waals surface area contributed by atoms with Crippen LogP contribution in [-0.4, -0.2) is 10.9 Å². The van der Waals surface area contributed by atoms with Crippen LogP contribution in [0.4, 0.5) is 30.2 Å². The molecular weight excluding hydrogens is 331 g/mol. The lowest BCUT2D eigenvalue weighted by Gasteiger charge is -2.13. The normalized spacial score (nSPS) is 11.4. The molecule has 1 heterocycles. The largest absolute Gasteiger partial charge is 0.418 e. The van der Waals surface area contributed by atoms with Gasteiger partial charge in [-0.1, -0.05) is 12.1 Å². The molecule has 0 atom stereocenters. The van der Waals surface area contributed by atoms with E-state index in [4.69, 9.17) is 0 Å². The molecule has 3 aromatic rings. The molecule has 0 aliphatic carbocycles. The van der Waals surface area contributed by atoms with E-state index in [2.05, 4.69) is 15.6 Å². The zero-order valence-corrected chi connectivity index (χ0v) is 13.2. The first-order chi connectivity index (χ1) is 11.8. The van der Waals surface area contributed by atoms with Crippen LogP contribution < -0.4 is 10.6 Å². The Labute approximate surface area is 141 Å². The Morgan fingerprint density at radius 2 is 1.68 bits per heavy atom. The maximum atomic E-state index is 13.1. The predicted molar refractivity (Wildman–Crippen MR) is 90.8 cm³/mol. The van der Waals surface area contributed by atoms with Gasteiger partial charge >= 0.3 is 6.18 Å². The summed E-state index contributed by atoms with van der Waals surface area (Å²) < 4.78 is 39.4. The van der Waals surface area contributed by atoms with E-state index in [1.165, 1.54) is 19.2 Å². The van der Waals surface area contributed by atoms with Crippen molar-refractivity contribution in [3.05, 3.63) is 60.3 Å². The number of nitrogens with one attached hydrogen (secondary N) is 2. The van der Waals surface area contributed by atoms with Crippen molar-refractivity contribution < 1.29 is 18.0 Å². The predicted octanol–water partition coefficient (Wildman–Crippen LogP) is 4.96. The van der Waals surface area contributed by atoms with Gasteiger partial charge in [0.05, 0.1) is 11.1 Å². The van der Waals surface area contributed by atoms with E-state index in [0.717, 1.165) is 6.07 Å². The first-order valence-electron chi connectivity index (χ1n) is 7.44. The smallest absolute Gasteiger partial charge is 0.355 e. The van der Waals surface area contributed by atoms with Crippen molar-refractivity contribution in [3.8, 4) is 0 Å². The molecule has 0 fully saturated rings. The van der Waals surface area contributed by atoms with Crippen molar-refractivity contribution in [1.29, 1.82) is 0 Å². The van der Waals surface area contributed by atoms with E-state index in [1.807, 2.05) is 0 Å². The lowest BCUT2D eigenvalue weighted by Crippen LogP contribution is -2.07. The van der Waals surface area contributed by atoms with Gasteiger partial charge < -0.3 is 10.6 Å². The Balaban J connectivity index is 1.96. The van der Waals surface area contributed by atoms with Gasteiger partial charge in [0, 0.05) is 35.6 Å². The van der Waals surface area contributed by atoms with Gasteiger partial charge in [-0.2, -0.15) is 13.2 Å². The maximum absolute atomic E-state index is 13.1. The van der Waals surface area contributed by atoms with E-state index in [9.17, 15) is 18.0 Å². The highest BCUT2D eigenvalue weighted by Crippen LogP contribution is 2.36. The zero-order chi connectivity index (χ0) is 18.0. The number of hydrogen-bond acceptors (Lipinski definition) is 3. The van der Waals surface area contributed by atoms with E-state index < -0.39 is 11.7 Å². The van der Waals surface area contributed by atoms with Crippen LogP contribution >= 0.6 is 0 Å². The van der Waals surface area contributed by atoms with Crippen LogP contribution in [0.1, 0.15) is 12.5 Å². The molecule has 1 amide bonds. The first-order valence-corrected chi connectivity index (χ1v) is 7.44. The monoisotopic (exact) mass is 345 g/mol. The van der Waals surface area contributed by atoms with Gasteiger partial charge in [-0.05, 0) is 36.4 Å². The van der Waals surface area contributed by atoms with Gasteiger partial charge in [0.1, 0.15) is 0 Å². The number of aromatic nitrogens is 1. The van der Waals surface area contributed by atoms with E-state index >= 15 is 0 Å². The molecule has 0 bridgehead atoms. The number of carbonyl (C=O) groups excluding carboxylic acids is 1. The molecule has 0 aliphatic rings. The standard InChI is InChI=1S/C18H14F3N3O/c1-11(25)23-12-5-7-13(8-6-12)24-16-9-10-22-17-14(16)3-2-4-15(17)18(19,20)21/h2-10H,1H3,(H,22,24)(H,23,25). The van der Waals surface area contributed by atoms with E-state index in [1.54, 1.807) is 36.4 Å². The van der Waals surface area contributed by atoms with Crippen LogP contribution in [0.15, 0.2) is 54.7 Å². The van der Waals surface area contributed by atoms with Crippen LogP contribution in [-0.2, 0) is 11.0 Å². The second-order valence-electron chi connectivity index (χ2n) is 5.44. The summed E-state index contributed by atoms with van der Waals surface area (Å²) in [7, 11) is 0. The third-order valence-electron chi connectivity index (χ3n) is 3.56. The van der Waals surface area contributed by atoms with Crippen LogP contribution in [0, 0.1) is 0 Å². The molecule has 25 heavy (non-hydrogen) atoms. The van der Waals surface area contributed by atoms with Crippen LogP contribution in [0.2, 0.25) is 0 Å². The Kier molecular flexibility index (Phi) is 4.31. The fraction of sp³-hybridized carbons (Fsp3) is 0.111. The second-order valence-corrected chi connectivity index (χ2v) is 5.44. The minimum atomic E-state index is -4.47. The highest BCUT2D eigenvalue weighted by atomic mass is 19.4. The number of amides is 1. The molecular formula is C18H14F3N3O. The summed E-state index contributed by atoms with van der Waals surface area (Å²) in [6.45, 7) is 1.41. The van der Waals surface area contributed by atoms with Gasteiger partial charge in [0.25, 0.3) is 0 Å². The third-order valence-corrected chi connectivity index (χ3v) is 3.56. The summed E-state index contributed by atoms with van der Waals surface area (Å²) in [4.78, 5) is 14.9. The molecule has 0 aliphatic heterocycles. The average molecular weight is 345 g/mol. The Hall–Kier alpha value is -3.09. The molecule has 7 heteroatoms. The molecule has 2 N–H and O–H groups in total. The van der Waals surface area contributed by atoms with Crippen molar-refractivity contribution in [2.45, 2.75) is 13.1 Å². The number of alkyl halides is 3. The molecule has 128 valence electrons. The number of carbonyl (C=O) groups is 1. The summed E-state index contributed by atoms with van der Waals surface area (Å²) in [6, 6.07) is 12.4. The number of rotatable bonds is 3. The maximum Gasteiger partial charge on any atom is 0.418 e. The number of benzene rings is 2. The number of anilines is 3. The van der Waals surface area contributed by atoms with Gasteiger partial charge in [0.2, 0.25) is 5.91 Å². The van der Waals surface area contributed by atoms with Crippen molar-refractivity contribution >= 4 is 33.9 Å². The fourth-order valence-electron chi connectivity index (χ4n) is 2.51. The summed E-state index contributed by atoms with van der Waals surface area (Å²) >= 11 is 0. The molecule has 4 nitrogen and oxygen atoms in total. The molecule has 1 aromatic heterocycles. The first kappa shape index (κ1) is 16.8. The molecule has 2 aromatic carbocycles. The summed E-state index contributed by atoms with van der Waals surface area (Å²) in [6.07, 6.45) is -3.13. The van der Waals surface area contributed by atoms with Gasteiger partial charge in [-0.15, -0.1) is 0 Å². The number of hydrogen-bond donors (Lipinski definition) is 2. The van der Waals surface area contributed by atoms with Crippen molar-refractivity contribution in [2.24, 2.45) is 0 Å². The number of pyridine rings is 1.